The number of fused-ring (bicyclic) bond motifs is 4. The zero-order valence-electron chi connectivity index (χ0n) is 53.7. The summed E-state index contributed by atoms with van der Waals surface area (Å²) in [5.41, 5.74) is 26.0. The molecule has 0 aliphatic carbocycles. The van der Waals surface area contributed by atoms with E-state index in [1.54, 1.807) is 0 Å². The molecular weight excluding hydrogens is 1080 g/mol. The van der Waals surface area contributed by atoms with Crippen LogP contribution in [0, 0.1) is 41.5 Å². The van der Waals surface area contributed by atoms with E-state index < -0.39 is 6.98 Å². The van der Waals surface area contributed by atoms with Crippen LogP contribution in [0.3, 0.4) is 0 Å². The van der Waals surface area contributed by atoms with Gasteiger partial charge < -0.3 is 48.7 Å². The third-order valence-corrected chi connectivity index (χ3v) is 18.1. The van der Waals surface area contributed by atoms with E-state index in [-0.39, 0.29) is 6.67 Å². The first-order chi connectivity index (χ1) is 44.0. The first-order valence-corrected chi connectivity index (χ1v) is 30.2. The smallest absolute Gasteiger partial charge is 0.130 e. The number of hydrogen-bond donors (Lipinski definition) is 0. The molecule has 434 valence electrons. The van der Waals surface area contributed by atoms with Crippen molar-refractivity contribution in [2.24, 2.45) is 0 Å². The minimum Gasteiger partial charge on any atom is -0.457 e. The Morgan fingerprint density at radius 2 is 0.602 bits per heavy atom. The molecule has 0 unspecified atom stereocenters. The van der Waals surface area contributed by atoms with Crippen molar-refractivity contribution >= 4 is 79.6 Å². The van der Waals surface area contributed by atoms with Crippen molar-refractivity contribution in [1.82, 2.24) is 0 Å². The quantitative estimate of drug-likeness (QED) is 0.118. The van der Waals surface area contributed by atoms with Crippen molar-refractivity contribution in [2.45, 2.75) is 41.5 Å². The molecule has 4 aliphatic heterocycles. The molecule has 0 saturated carbocycles. The van der Waals surface area contributed by atoms with Crippen molar-refractivity contribution < 1.29 is 13.6 Å². The molecule has 10 heteroatoms. The van der Waals surface area contributed by atoms with Crippen LogP contribution in [0.2, 0.25) is 0 Å². The van der Waals surface area contributed by atoms with Gasteiger partial charge in [0, 0.05) is 76.5 Å². The number of para-hydroxylation sites is 2. The molecule has 0 saturated heterocycles. The fourth-order valence-corrected chi connectivity index (χ4v) is 12.9. The van der Waals surface area contributed by atoms with Gasteiger partial charge in [0.05, 0.1) is 58.8 Å². The van der Waals surface area contributed by atoms with E-state index >= 15 is 0 Å². The minimum atomic E-state index is -2.33. The summed E-state index contributed by atoms with van der Waals surface area (Å²) in [4.78, 5) is 17.8. The lowest BCUT2D eigenvalue weighted by Gasteiger charge is -2.25. The molecule has 0 spiro atoms. The van der Waals surface area contributed by atoms with Crippen LogP contribution in [0.15, 0.2) is 231 Å². The molecule has 0 aromatic heterocycles. The maximum absolute atomic E-state index is 8.49. The molecule has 0 radical (unpaired) electrons. The first-order valence-electron chi connectivity index (χ1n) is 31.7. The SMILES string of the molecule is [2H]C([2H])([2H])N1CN(c2cc(Oc3cccc(N4CN(c5ccc(N6CN(c7cccc(Oc8cc(-c9ccccc9)cc(N9CN(C)c%10cc(C)c(C)cc%109)c8)c7)c7cc(C)c(C)cc76)cc5)c5ccccc54)c3)cc(-c3ccccc3)c2)c2cc(C)c(C)cc21. The van der Waals surface area contributed by atoms with Crippen LogP contribution in [-0.4, -0.2) is 40.7 Å². The molecule has 15 rings (SSSR count). The van der Waals surface area contributed by atoms with Gasteiger partial charge in [0.15, 0.2) is 0 Å². The van der Waals surface area contributed by atoms with Gasteiger partial charge in [0.25, 0.3) is 0 Å². The molecule has 0 amide bonds. The van der Waals surface area contributed by atoms with Gasteiger partial charge in [-0.15, -0.1) is 0 Å². The number of hydrogen-bond acceptors (Lipinski definition) is 10. The fraction of sp³-hybridized carbons (Fsp3) is 0.154. The molecule has 0 fully saturated rings. The van der Waals surface area contributed by atoms with E-state index in [1.807, 2.05) is 49.4 Å². The molecule has 88 heavy (non-hydrogen) atoms. The molecule has 0 bridgehead atoms. The van der Waals surface area contributed by atoms with Crippen LogP contribution in [0.5, 0.6) is 23.0 Å². The highest BCUT2D eigenvalue weighted by Gasteiger charge is 2.33. The summed E-state index contributed by atoms with van der Waals surface area (Å²) < 4.78 is 39.3. The highest BCUT2D eigenvalue weighted by molar-refractivity contribution is 5.92. The lowest BCUT2D eigenvalue weighted by atomic mass is 10.0. The maximum Gasteiger partial charge on any atom is 0.130 e. The van der Waals surface area contributed by atoms with Gasteiger partial charge in [0.2, 0.25) is 0 Å². The van der Waals surface area contributed by atoms with Gasteiger partial charge in [-0.3, -0.25) is 0 Å². The highest BCUT2D eigenvalue weighted by atomic mass is 16.5. The molecule has 4 heterocycles. The van der Waals surface area contributed by atoms with Gasteiger partial charge in [-0.05, 0) is 219 Å². The largest absolute Gasteiger partial charge is 0.457 e. The number of aryl methyl sites for hydroxylation is 6. The standard InChI is InChI=1S/C78H70N8O2/c1-51-33-73-75(35-53(51)3)81(47-79(73)7)65-39-59(57-19-11-9-12-20-57)41-69(45-65)87-67-25-17-23-63(43-67)85-49-83(71-27-15-16-28-72(71)85)61-29-31-62(32-30-61)84-50-86(78-38-56(6)55(5)37-77(78)84)64-24-18-26-68(44-64)88-70-42-60(58-21-13-10-14-22-58)40-66(46-70)82-48-80(8)74-34-52(2)54(4)36-76(74)82/h9-46H,47-50H2,1-8H3/i7D3. The lowest BCUT2D eigenvalue weighted by Crippen LogP contribution is -2.25. The van der Waals surface area contributed by atoms with Crippen molar-refractivity contribution in [3.05, 3.63) is 264 Å². The average Bonchev–Trinajstić information content (AvgIpc) is 1.66. The summed E-state index contributed by atoms with van der Waals surface area (Å²) in [5, 5.41) is 0. The van der Waals surface area contributed by atoms with Crippen molar-refractivity contribution in [3.63, 3.8) is 0 Å². The average molecular weight is 1150 g/mol. The molecule has 0 N–H and O–H groups in total. The van der Waals surface area contributed by atoms with E-state index in [0.717, 1.165) is 114 Å². The lowest BCUT2D eigenvalue weighted by molar-refractivity contribution is 0.482. The van der Waals surface area contributed by atoms with E-state index in [0.29, 0.717) is 30.5 Å². The third-order valence-electron chi connectivity index (χ3n) is 18.1. The minimum absolute atomic E-state index is 0.174. The number of benzene rings is 11. The second-order valence-corrected chi connectivity index (χ2v) is 23.9. The number of ether oxygens (including phenoxy) is 2. The van der Waals surface area contributed by atoms with Crippen molar-refractivity contribution in [3.8, 4) is 45.3 Å². The second-order valence-electron chi connectivity index (χ2n) is 23.9. The van der Waals surface area contributed by atoms with Crippen molar-refractivity contribution in [1.29, 1.82) is 0 Å². The summed E-state index contributed by atoms with van der Waals surface area (Å²) in [6, 6.07) is 81.2. The summed E-state index contributed by atoms with van der Waals surface area (Å²) in [5.74, 6) is 2.86. The van der Waals surface area contributed by atoms with Crippen LogP contribution in [0.1, 0.15) is 37.5 Å². The summed E-state index contributed by atoms with van der Waals surface area (Å²) in [6.07, 6.45) is 0. The van der Waals surface area contributed by atoms with Gasteiger partial charge >= 0.3 is 0 Å². The summed E-state index contributed by atoms with van der Waals surface area (Å²) in [7, 11) is 2.16. The van der Waals surface area contributed by atoms with Gasteiger partial charge in [0.1, 0.15) is 36.3 Å². The Labute approximate surface area is 521 Å². The molecule has 4 aliphatic rings. The van der Waals surface area contributed by atoms with Crippen LogP contribution in [0.25, 0.3) is 22.3 Å². The van der Waals surface area contributed by atoms with Crippen LogP contribution < -0.4 is 48.7 Å². The Morgan fingerprint density at radius 1 is 0.261 bits per heavy atom. The monoisotopic (exact) mass is 1150 g/mol. The molecular formula is C78H70N8O2. The van der Waals surface area contributed by atoms with E-state index in [2.05, 4.69) is 264 Å². The van der Waals surface area contributed by atoms with E-state index in [9.17, 15) is 0 Å². The Kier molecular flexibility index (Phi) is 12.5. The van der Waals surface area contributed by atoms with Crippen LogP contribution in [-0.2, 0) is 0 Å². The Balaban J connectivity index is 0.692. The second kappa shape index (κ2) is 21.7. The third kappa shape index (κ3) is 9.80. The topological polar surface area (TPSA) is 44.4 Å². The number of anilines is 14. The Morgan fingerprint density at radius 3 is 1.05 bits per heavy atom. The normalized spacial score (nSPS) is 14.6. The maximum atomic E-state index is 8.49. The number of nitrogens with zero attached hydrogens (tertiary/aromatic N) is 8. The highest BCUT2D eigenvalue weighted by Crippen LogP contribution is 2.51. The molecule has 11 aromatic carbocycles. The fourth-order valence-electron chi connectivity index (χ4n) is 12.9. The summed E-state index contributed by atoms with van der Waals surface area (Å²) >= 11 is 0. The van der Waals surface area contributed by atoms with E-state index in [4.69, 9.17) is 13.6 Å². The summed E-state index contributed by atoms with van der Waals surface area (Å²) in [6.45, 7) is 12.6. The van der Waals surface area contributed by atoms with Crippen LogP contribution in [0.4, 0.5) is 79.6 Å². The van der Waals surface area contributed by atoms with E-state index in [1.165, 1.54) is 38.5 Å². The van der Waals surface area contributed by atoms with Gasteiger partial charge in [-0.1, -0.05) is 84.9 Å². The predicted octanol–water partition coefficient (Wildman–Crippen LogP) is 20.0. The first kappa shape index (κ1) is 50.7. The zero-order chi connectivity index (χ0) is 62.4. The zero-order valence-corrected chi connectivity index (χ0v) is 50.7. The molecule has 10 nitrogen and oxygen atoms in total. The molecule has 11 aromatic rings. The number of rotatable bonds is 12. The van der Waals surface area contributed by atoms with Gasteiger partial charge in [-0.25, -0.2) is 0 Å². The van der Waals surface area contributed by atoms with Gasteiger partial charge in [-0.2, -0.15) is 0 Å². The molecule has 0 atom stereocenters. The predicted molar refractivity (Wildman–Crippen MR) is 367 cm³/mol. The van der Waals surface area contributed by atoms with Crippen LogP contribution >= 0.6 is 0 Å². The Hall–Kier alpha value is -10.6. The Bertz CT molecular complexity index is 4640. The van der Waals surface area contributed by atoms with Crippen molar-refractivity contribution in [2.75, 3.05) is 79.9 Å².